The first-order valence-corrected chi connectivity index (χ1v) is 6.96. The second-order valence-electron chi connectivity index (χ2n) is 5.21. The number of anilines is 1. The molecule has 3 heteroatoms. The molecule has 0 bridgehead atoms. The summed E-state index contributed by atoms with van der Waals surface area (Å²) < 4.78 is 5.52. The Morgan fingerprint density at radius 1 is 1.25 bits per heavy atom. The number of aryl methyl sites for hydroxylation is 1. The number of ether oxygens (including phenoxy) is 1. The van der Waals surface area contributed by atoms with Gasteiger partial charge in [-0.1, -0.05) is 18.2 Å². The first kappa shape index (κ1) is 13.0. The summed E-state index contributed by atoms with van der Waals surface area (Å²) in [7, 11) is 0. The van der Waals surface area contributed by atoms with E-state index in [9.17, 15) is 5.11 Å². The second-order valence-corrected chi connectivity index (χ2v) is 5.21. The van der Waals surface area contributed by atoms with Crippen LogP contribution in [0.15, 0.2) is 42.5 Å². The van der Waals surface area contributed by atoms with Crippen LogP contribution in [0, 0.1) is 6.92 Å². The van der Waals surface area contributed by atoms with Crippen LogP contribution in [0.4, 0.5) is 5.69 Å². The largest absolute Gasteiger partial charge is 0.493 e. The van der Waals surface area contributed by atoms with Crippen molar-refractivity contribution in [3.05, 3.63) is 59.2 Å². The Morgan fingerprint density at radius 3 is 2.95 bits per heavy atom. The molecule has 1 aliphatic rings. The Morgan fingerprint density at radius 2 is 2.15 bits per heavy atom. The first-order valence-electron chi connectivity index (χ1n) is 6.96. The lowest BCUT2D eigenvalue weighted by Gasteiger charge is -2.19. The van der Waals surface area contributed by atoms with Crippen LogP contribution in [0.25, 0.3) is 0 Å². The molecule has 0 spiro atoms. The monoisotopic (exact) mass is 269 g/mol. The molecule has 0 saturated heterocycles. The standard InChI is InChI=1S/C17H19NO2/c1-12-3-2-4-15(9-12)18-16(11-19)13-5-6-17-14(10-13)7-8-20-17/h2-6,9-10,16,18-19H,7-8,11H2,1H3. The zero-order chi connectivity index (χ0) is 13.9. The fourth-order valence-electron chi connectivity index (χ4n) is 2.59. The zero-order valence-corrected chi connectivity index (χ0v) is 11.6. The molecule has 1 atom stereocenters. The maximum absolute atomic E-state index is 9.66. The maximum Gasteiger partial charge on any atom is 0.122 e. The zero-order valence-electron chi connectivity index (χ0n) is 11.6. The smallest absolute Gasteiger partial charge is 0.122 e. The van der Waals surface area contributed by atoms with E-state index in [2.05, 4.69) is 30.4 Å². The molecule has 0 radical (unpaired) electrons. The van der Waals surface area contributed by atoms with Crippen molar-refractivity contribution in [3.63, 3.8) is 0 Å². The fourth-order valence-corrected chi connectivity index (χ4v) is 2.59. The highest BCUT2D eigenvalue weighted by molar-refractivity contribution is 5.49. The molecule has 0 aromatic heterocycles. The number of rotatable bonds is 4. The number of fused-ring (bicyclic) bond motifs is 1. The van der Waals surface area contributed by atoms with E-state index >= 15 is 0 Å². The number of benzene rings is 2. The van der Waals surface area contributed by atoms with Crippen LogP contribution in [0.5, 0.6) is 5.75 Å². The maximum atomic E-state index is 9.66. The number of aliphatic hydroxyl groups excluding tert-OH is 1. The van der Waals surface area contributed by atoms with Gasteiger partial charge in [-0.15, -0.1) is 0 Å². The van der Waals surface area contributed by atoms with Crippen LogP contribution in [0.3, 0.4) is 0 Å². The molecule has 1 aliphatic heterocycles. The third-order valence-electron chi connectivity index (χ3n) is 3.66. The highest BCUT2D eigenvalue weighted by atomic mass is 16.5. The highest BCUT2D eigenvalue weighted by Crippen LogP contribution is 2.29. The SMILES string of the molecule is Cc1cccc(NC(CO)c2ccc3c(c2)CCO3)c1. The van der Waals surface area contributed by atoms with E-state index in [1.54, 1.807) is 0 Å². The van der Waals surface area contributed by atoms with Crippen molar-refractivity contribution in [2.75, 3.05) is 18.5 Å². The Balaban J connectivity index is 1.83. The topological polar surface area (TPSA) is 41.5 Å². The average Bonchev–Trinajstić information content (AvgIpc) is 2.92. The summed E-state index contributed by atoms with van der Waals surface area (Å²) in [6, 6.07) is 14.2. The van der Waals surface area contributed by atoms with Gasteiger partial charge in [-0.05, 0) is 47.9 Å². The quantitative estimate of drug-likeness (QED) is 0.896. The number of aliphatic hydroxyl groups is 1. The van der Waals surface area contributed by atoms with Gasteiger partial charge in [-0.3, -0.25) is 0 Å². The van der Waals surface area contributed by atoms with Crippen LogP contribution in [0.2, 0.25) is 0 Å². The third-order valence-corrected chi connectivity index (χ3v) is 3.66. The predicted octanol–water partition coefficient (Wildman–Crippen LogP) is 3.08. The Hall–Kier alpha value is -2.00. The highest BCUT2D eigenvalue weighted by Gasteiger charge is 2.16. The molecule has 2 aromatic carbocycles. The van der Waals surface area contributed by atoms with E-state index in [-0.39, 0.29) is 12.6 Å². The van der Waals surface area contributed by atoms with Gasteiger partial charge in [0.15, 0.2) is 0 Å². The fraction of sp³-hybridized carbons (Fsp3) is 0.294. The van der Waals surface area contributed by atoms with Gasteiger partial charge in [0.25, 0.3) is 0 Å². The molecule has 1 unspecified atom stereocenters. The first-order chi connectivity index (χ1) is 9.76. The van der Waals surface area contributed by atoms with Crippen molar-refractivity contribution in [2.24, 2.45) is 0 Å². The predicted molar refractivity (Wildman–Crippen MR) is 80.3 cm³/mol. The van der Waals surface area contributed by atoms with Gasteiger partial charge in [0.1, 0.15) is 5.75 Å². The van der Waals surface area contributed by atoms with Crippen LogP contribution in [0.1, 0.15) is 22.7 Å². The minimum absolute atomic E-state index is 0.0631. The molecule has 104 valence electrons. The van der Waals surface area contributed by atoms with Crippen molar-refractivity contribution in [3.8, 4) is 5.75 Å². The minimum atomic E-state index is -0.0947. The van der Waals surface area contributed by atoms with Crippen molar-refractivity contribution >= 4 is 5.69 Å². The molecule has 2 aromatic rings. The van der Waals surface area contributed by atoms with Gasteiger partial charge in [-0.25, -0.2) is 0 Å². The van der Waals surface area contributed by atoms with E-state index in [1.165, 1.54) is 11.1 Å². The lowest BCUT2D eigenvalue weighted by atomic mass is 10.0. The molecule has 0 amide bonds. The molecule has 3 rings (SSSR count). The molecule has 2 N–H and O–H groups in total. The summed E-state index contributed by atoms with van der Waals surface area (Å²) in [5, 5.41) is 13.1. The lowest BCUT2D eigenvalue weighted by molar-refractivity contribution is 0.276. The summed E-state index contributed by atoms with van der Waals surface area (Å²) in [5.41, 5.74) is 4.56. The molecule has 0 fully saturated rings. The van der Waals surface area contributed by atoms with Crippen LogP contribution < -0.4 is 10.1 Å². The summed E-state index contributed by atoms with van der Waals surface area (Å²) in [6.45, 7) is 2.88. The van der Waals surface area contributed by atoms with E-state index in [4.69, 9.17) is 4.74 Å². The van der Waals surface area contributed by atoms with Gasteiger partial charge < -0.3 is 15.2 Å². The Labute approximate surface area is 119 Å². The Bertz CT molecular complexity index is 610. The Kier molecular flexibility index (Phi) is 3.61. The minimum Gasteiger partial charge on any atom is -0.493 e. The molecular weight excluding hydrogens is 250 g/mol. The number of hydrogen-bond donors (Lipinski definition) is 2. The number of nitrogens with one attached hydrogen (secondary N) is 1. The van der Waals surface area contributed by atoms with Crippen LogP contribution in [-0.2, 0) is 6.42 Å². The van der Waals surface area contributed by atoms with Gasteiger partial charge in [0.05, 0.1) is 19.3 Å². The van der Waals surface area contributed by atoms with Crippen LogP contribution in [-0.4, -0.2) is 18.3 Å². The molecule has 0 aliphatic carbocycles. The average molecular weight is 269 g/mol. The molecule has 20 heavy (non-hydrogen) atoms. The summed E-state index contributed by atoms with van der Waals surface area (Å²) in [5.74, 6) is 0.973. The summed E-state index contributed by atoms with van der Waals surface area (Å²) >= 11 is 0. The molecule has 0 saturated carbocycles. The van der Waals surface area contributed by atoms with Crippen molar-refractivity contribution in [1.82, 2.24) is 0 Å². The number of hydrogen-bond acceptors (Lipinski definition) is 3. The lowest BCUT2D eigenvalue weighted by Crippen LogP contribution is -2.15. The summed E-state index contributed by atoms with van der Waals surface area (Å²) in [4.78, 5) is 0. The van der Waals surface area contributed by atoms with Crippen molar-refractivity contribution in [2.45, 2.75) is 19.4 Å². The van der Waals surface area contributed by atoms with Gasteiger partial charge in [-0.2, -0.15) is 0 Å². The van der Waals surface area contributed by atoms with Crippen LogP contribution >= 0.6 is 0 Å². The van der Waals surface area contributed by atoms with Gasteiger partial charge in [0, 0.05) is 12.1 Å². The second kappa shape index (κ2) is 5.55. The summed E-state index contributed by atoms with van der Waals surface area (Å²) in [6.07, 6.45) is 0.950. The van der Waals surface area contributed by atoms with E-state index < -0.39 is 0 Å². The molecule has 3 nitrogen and oxygen atoms in total. The van der Waals surface area contributed by atoms with Gasteiger partial charge in [0.2, 0.25) is 0 Å². The van der Waals surface area contributed by atoms with E-state index in [0.29, 0.717) is 0 Å². The van der Waals surface area contributed by atoms with Crippen molar-refractivity contribution < 1.29 is 9.84 Å². The molecular formula is C17H19NO2. The molecule has 1 heterocycles. The van der Waals surface area contributed by atoms with E-state index in [1.807, 2.05) is 24.3 Å². The van der Waals surface area contributed by atoms with Crippen molar-refractivity contribution in [1.29, 1.82) is 0 Å². The normalized spacial score (nSPS) is 14.5. The van der Waals surface area contributed by atoms with E-state index in [0.717, 1.165) is 30.0 Å². The van der Waals surface area contributed by atoms with Gasteiger partial charge >= 0.3 is 0 Å². The third kappa shape index (κ3) is 2.63.